The molecule has 0 atom stereocenters. The lowest BCUT2D eigenvalue weighted by Crippen LogP contribution is -1.86. The minimum atomic E-state index is -0.436. The van der Waals surface area contributed by atoms with Gasteiger partial charge in [-0.15, -0.1) is 10.2 Å². The lowest BCUT2D eigenvalue weighted by atomic mass is 10.2. The number of benzene rings is 1. The van der Waals surface area contributed by atoms with Gasteiger partial charge in [0, 0.05) is 25.1 Å². The molecule has 0 radical (unpaired) electrons. The van der Waals surface area contributed by atoms with Crippen molar-refractivity contribution in [2.45, 2.75) is 6.92 Å². The van der Waals surface area contributed by atoms with Crippen LogP contribution in [-0.4, -0.2) is 15.1 Å². The minimum Gasteiger partial charge on any atom is -0.422 e. The zero-order valence-corrected chi connectivity index (χ0v) is 9.03. The van der Waals surface area contributed by atoms with Crippen LogP contribution in [0.5, 0.6) is 0 Å². The van der Waals surface area contributed by atoms with Crippen LogP contribution in [0.2, 0.25) is 0 Å². The maximum atomic E-state index is 10.4. The lowest BCUT2D eigenvalue weighted by molar-refractivity contribution is -0.384. The predicted molar refractivity (Wildman–Crippen MR) is 61.1 cm³/mol. The highest BCUT2D eigenvalue weighted by Gasteiger charge is 2.02. The second kappa shape index (κ2) is 4.56. The Labute approximate surface area is 96.7 Å². The van der Waals surface area contributed by atoms with E-state index in [0.29, 0.717) is 11.8 Å². The molecule has 0 spiro atoms. The third-order valence-electron chi connectivity index (χ3n) is 2.06. The number of non-ortho nitro benzene ring substituents is 1. The molecule has 6 heteroatoms. The van der Waals surface area contributed by atoms with E-state index in [1.54, 1.807) is 31.2 Å². The number of aryl methyl sites for hydroxylation is 1. The molecule has 0 bridgehead atoms. The molecule has 1 aromatic carbocycles. The van der Waals surface area contributed by atoms with Crippen LogP contribution in [0.3, 0.4) is 0 Å². The van der Waals surface area contributed by atoms with Crippen LogP contribution in [0.25, 0.3) is 12.2 Å². The van der Waals surface area contributed by atoms with E-state index in [1.807, 2.05) is 0 Å². The summed E-state index contributed by atoms with van der Waals surface area (Å²) < 4.78 is 5.15. The summed E-state index contributed by atoms with van der Waals surface area (Å²) in [5, 5.41) is 17.9. The van der Waals surface area contributed by atoms with E-state index < -0.39 is 4.92 Å². The van der Waals surface area contributed by atoms with E-state index in [4.69, 9.17) is 4.42 Å². The Bertz CT molecular complexity index is 558. The van der Waals surface area contributed by atoms with Crippen molar-refractivity contribution in [3.05, 3.63) is 51.7 Å². The molecule has 86 valence electrons. The van der Waals surface area contributed by atoms with Crippen molar-refractivity contribution < 1.29 is 9.34 Å². The van der Waals surface area contributed by atoms with Crippen LogP contribution in [0.15, 0.2) is 28.7 Å². The van der Waals surface area contributed by atoms with Gasteiger partial charge in [-0.1, -0.05) is 0 Å². The summed E-state index contributed by atoms with van der Waals surface area (Å²) in [6.07, 6.45) is 3.40. The first-order valence-corrected chi connectivity index (χ1v) is 4.88. The normalized spacial score (nSPS) is 10.9. The van der Waals surface area contributed by atoms with Gasteiger partial charge in [0.25, 0.3) is 5.69 Å². The van der Waals surface area contributed by atoms with Gasteiger partial charge in [0.05, 0.1) is 4.92 Å². The van der Waals surface area contributed by atoms with Gasteiger partial charge < -0.3 is 4.42 Å². The van der Waals surface area contributed by atoms with Gasteiger partial charge in [-0.3, -0.25) is 10.1 Å². The van der Waals surface area contributed by atoms with Crippen LogP contribution < -0.4 is 0 Å². The molecule has 0 N–H and O–H groups in total. The second-order valence-corrected chi connectivity index (χ2v) is 3.34. The summed E-state index contributed by atoms with van der Waals surface area (Å²) in [4.78, 5) is 10.0. The Morgan fingerprint density at radius 1 is 1.24 bits per heavy atom. The van der Waals surface area contributed by atoms with Crippen LogP contribution in [0.4, 0.5) is 5.69 Å². The molecular weight excluding hydrogens is 222 g/mol. The number of aromatic nitrogens is 2. The molecular formula is C11H9N3O3. The molecule has 0 fully saturated rings. The first-order chi connectivity index (χ1) is 8.15. The number of nitrogens with zero attached hydrogens (tertiary/aromatic N) is 3. The maximum absolute atomic E-state index is 10.4. The fourth-order valence-corrected chi connectivity index (χ4v) is 1.25. The zero-order valence-electron chi connectivity index (χ0n) is 9.03. The zero-order chi connectivity index (χ0) is 12.3. The molecule has 2 rings (SSSR count). The van der Waals surface area contributed by atoms with Crippen molar-refractivity contribution in [1.29, 1.82) is 0 Å². The van der Waals surface area contributed by atoms with Crippen molar-refractivity contribution in [2.75, 3.05) is 0 Å². The van der Waals surface area contributed by atoms with Gasteiger partial charge in [-0.05, 0) is 23.8 Å². The standard InChI is InChI=1S/C11H9N3O3/c1-8-12-13-11(17-8)7-4-9-2-5-10(6-3-9)14(15)16/h2-7H,1H3/b7-4+. The van der Waals surface area contributed by atoms with Crippen molar-refractivity contribution in [3.63, 3.8) is 0 Å². The molecule has 0 amide bonds. The molecule has 1 heterocycles. The Kier molecular flexibility index (Phi) is 2.95. The Balaban J connectivity index is 2.13. The van der Waals surface area contributed by atoms with Gasteiger partial charge in [-0.2, -0.15) is 0 Å². The molecule has 0 saturated heterocycles. The van der Waals surface area contributed by atoms with Crippen LogP contribution in [0, 0.1) is 17.0 Å². The molecule has 2 aromatic rings. The van der Waals surface area contributed by atoms with E-state index in [9.17, 15) is 10.1 Å². The number of nitro benzene ring substituents is 1. The maximum Gasteiger partial charge on any atom is 0.269 e. The summed E-state index contributed by atoms with van der Waals surface area (Å²) in [5.74, 6) is 0.897. The van der Waals surface area contributed by atoms with E-state index in [0.717, 1.165) is 5.56 Å². The summed E-state index contributed by atoms with van der Waals surface area (Å²) in [7, 11) is 0. The summed E-state index contributed by atoms with van der Waals surface area (Å²) in [6.45, 7) is 1.70. The highest BCUT2D eigenvalue weighted by atomic mass is 16.6. The highest BCUT2D eigenvalue weighted by Crippen LogP contribution is 2.13. The average molecular weight is 231 g/mol. The average Bonchev–Trinajstić information content (AvgIpc) is 2.73. The second-order valence-electron chi connectivity index (χ2n) is 3.34. The van der Waals surface area contributed by atoms with Crippen LogP contribution >= 0.6 is 0 Å². The first-order valence-electron chi connectivity index (χ1n) is 4.88. The van der Waals surface area contributed by atoms with E-state index in [-0.39, 0.29) is 5.69 Å². The summed E-state index contributed by atoms with van der Waals surface area (Å²) in [6, 6.07) is 6.19. The SMILES string of the molecule is Cc1nnc(/C=C/c2ccc([N+](=O)[O-])cc2)o1. The van der Waals surface area contributed by atoms with Crippen LogP contribution in [-0.2, 0) is 0 Å². The van der Waals surface area contributed by atoms with Gasteiger partial charge in [0.15, 0.2) is 0 Å². The van der Waals surface area contributed by atoms with Crippen LogP contribution in [0.1, 0.15) is 17.3 Å². The van der Waals surface area contributed by atoms with E-state index >= 15 is 0 Å². The Hall–Kier alpha value is -2.50. The Morgan fingerprint density at radius 3 is 2.47 bits per heavy atom. The highest BCUT2D eigenvalue weighted by molar-refractivity contribution is 5.66. The quantitative estimate of drug-likeness (QED) is 0.598. The molecule has 0 aliphatic rings. The van der Waals surface area contributed by atoms with E-state index in [2.05, 4.69) is 10.2 Å². The largest absolute Gasteiger partial charge is 0.422 e. The smallest absolute Gasteiger partial charge is 0.269 e. The number of hydrogen-bond donors (Lipinski definition) is 0. The van der Waals surface area contributed by atoms with Gasteiger partial charge in [0.1, 0.15) is 0 Å². The summed E-state index contributed by atoms with van der Waals surface area (Å²) in [5.41, 5.74) is 0.891. The van der Waals surface area contributed by atoms with Crippen molar-refractivity contribution in [1.82, 2.24) is 10.2 Å². The molecule has 6 nitrogen and oxygen atoms in total. The fraction of sp³-hybridized carbons (Fsp3) is 0.0909. The van der Waals surface area contributed by atoms with Gasteiger partial charge in [-0.25, -0.2) is 0 Å². The fourth-order valence-electron chi connectivity index (χ4n) is 1.25. The van der Waals surface area contributed by atoms with E-state index in [1.165, 1.54) is 12.1 Å². The summed E-state index contributed by atoms with van der Waals surface area (Å²) >= 11 is 0. The van der Waals surface area contributed by atoms with Crippen molar-refractivity contribution in [3.8, 4) is 0 Å². The predicted octanol–water partition coefficient (Wildman–Crippen LogP) is 2.46. The monoisotopic (exact) mass is 231 g/mol. The third-order valence-corrected chi connectivity index (χ3v) is 2.06. The van der Waals surface area contributed by atoms with Crippen molar-refractivity contribution in [2.24, 2.45) is 0 Å². The third kappa shape index (κ3) is 2.75. The molecule has 0 aliphatic carbocycles. The minimum absolute atomic E-state index is 0.0655. The Morgan fingerprint density at radius 2 is 1.94 bits per heavy atom. The topological polar surface area (TPSA) is 82.1 Å². The molecule has 0 unspecified atom stereocenters. The lowest BCUT2D eigenvalue weighted by Gasteiger charge is -1.92. The van der Waals surface area contributed by atoms with Gasteiger partial charge in [0.2, 0.25) is 11.8 Å². The van der Waals surface area contributed by atoms with Crippen molar-refractivity contribution >= 4 is 17.8 Å². The molecule has 1 aromatic heterocycles. The molecule has 17 heavy (non-hydrogen) atoms. The number of rotatable bonds is 3. The first kappa shape index (κ1) is 11.0. The van der Waals surface area contributed by atoms with Gasteiger partial charge >= 0.3 is 0 Å². The molecule has 0 aliphatic heterocycles. The molecule has 0 saturated carbocycles. The number of nitro groups is 1. The number of hydrogen-bond acceptors (Lipinski definition) is 5.